The van der Waals surface area contributed by atoms with Crippen molar-refractivity contribution in [1.29, 1.82) is 0 Å². The molecule has 0 bridgehead atoms. The van der Waals surface area contributed by atoms with Crippen molar-refractivity contribution in [2.45, 2.75) is 47.1 Å². The molecule has 1 N–H and O–H groups in total. The fraction of sp³-hybridized carbons (Fsp3) is 0.355. The number of hydrogen-bond acceptors (Lipinski definition) is 9. The number of aryl methyl sites for hydroxylation is 1. The Bertz CT molecular complexity index is 1510. The standard InChI is InChI=1S/C31H33FN2O7S/c1-6-39-23-16-20(10-13-22(23)41-15-14-17(3)4)25-24(26(35)19-8-11-21(32)12-9-19)27(36)29(37)34(25)31-33-18(5)28(42-31)30(38)40-7-2/h8-13,16-17,25,35H,6-7,14-15H2,1-5H3/b26-24+. The fourth-order valence-corrected chi connectivity index (χ4v) is 5.45. The Balaban J connectivity index is 1.89. The summed E-state index contributed by atoms with van der Waals surface area (Å²) in [4.78, 5) is 45.4. The van der Waals surface area contributed by atoms with Crippen molar-refractivity contribution in [3.63, 3.8) is 0 Å². The van der Waals surface area contributed by atoms with Crippen LogP contribution < -0.4 is 14.4 Å². The molecule has 4 rings (SSSR count). The van der Waals surface area contributed by atoms with E-state index in [0.29, 0.717) is 41.9 Å². The molecule has 42 heavy (non-hydrogen) atoms. The summed E-state index contributed by atoms with van der Waals surface area (Å²) in [6.45, 7) is 10.2. The van der Waals surface area contributed by atoms with Crippen molar-refractivity contribution < 1.29 is 38.1 Å². The molecule has 0 spiro atoms. The Labute approximate surface area is 247 Å². The number of Topliss-reactive ketones (excluding diaryl/α,β-unsaturated/α-hetero) is 1. The number of ether oxygens (including phenoxy) is 3. The first-order valence-electron chi connectivity index (χ1n) is 13.7. The van der Waals surface area contributed by atoms with Gasteiger partial charge >= 0.3 is 11.9 Å². The second-order valence-electron chi connectivity index (χ2n) is 9.98. The number of amides is 1. The van der Waals surface area contributed by atoms with Crippen LogP contribution in [0.2, 0.25) is 0 Å². The third kappa shape index (κ3) is 6.30. The normalized spacial score (nSPS) is 16.3. The number of benzene rings is 2. The second-order valence-corrected chi connectivity index (χ2v) is 11.0. The molecule has 0 radical (unpaired) electrons. The van der Waals surface area contributed by atoms with Gasteiger partial charge < -0.3 is 19.3 Å². The molecular weight excluding hydrogens is 563 g/mol. The first kappa shape index (κ1) is 30.7. The minimum Gasteiger partial charge on any atom is -0.507 e. The zero-order chi connectivity index (χ0) is 30.6. The van der Waals surface area contributed by atoms with Crippen LogP contribution in [-0.4, -0.2) is 47.6 Å². The SMILES string of the molecule is CCOC(=O)c1sc(N2C(=O)C(=O)/C(=C(/O)c3ccc(F)cc3)C2c2ccc(OCCC(C)C)c(OCC)c2)nc1C. The number of halogens is 1. The molecule has 2 aromatic carbocycles. The molecule has 3 aromatic rings. The van der Waals surface area contributed by atoms with Crippen LogP contribution in [0.4, 0.5) is 9.52 Å². The van der Waals surface area contributed by atoms with Crippen LogP contribution in [0, 0.1) is 18.7 Å². The van der Waals surface area contributed by atoms with E-state index in [0.717, 1.165) is 34.8 Å². The Kier molecular flexibility index (Phi) is 9.62. The molecule has 1 amide bonds. The van der Waals surface area contributed by atoms with Gasteiger partial charge in [0.05, 0.1) is 37.1 Å². The first-order chi connectivity index (χ1) is 20.1. The van der Waals surface area contributed by atoms with Crippen molar-refractivity contribution in [1.82, 2.24) is 4.98 Å². The van der Waals surface area contributed by atoms with E-state index in [4.69, 9.17) is 14.2 Å². The van der Waals surface area contributed by atoms with Gasteiger partial charge in [-0.2, -0.15) is 0 Å². The first-order valence-corrected chi connectivity index (χ1v) is 14.5. The van der Waals surface area contributed by atoms with Crippen molar-refractivity contribution in [2.75, 3.05) is 24.7 Å². The van der Waals surface area contributed by atoms with Crippen molar-refractivity contribution >= 4 is 39.9 Å². The van der Waals surface area contributed by atoms with Crippen LogP contribution in [-0.2, 0) is 14.3 Å². The van der Waals surface area contributed by atoms with Gasteiger partial charge in [0.1, 0.15) is 16.5 Å². The van der Waals surface area contributed by atoms with Crippen LogP contribution in [0.15, 0.2) is 48.0 Å². The monoisotopic (exact) mass is 596 g/mol. The number of nitrogens with zero attached hydrogens (tertiary/aromatic N) is 2. The van der Waals surface area contributed by atoms with Crippen LogP contribution in [0.5, 0.6) is 11.5 Å². The highest BCUT2D eigenvalue weighted by Gasteiger charge is 2.48. The van der Waals surface area contributed by atoms with E-state index in [1.54, 1.807) is 32.0 Å². The largest absolute Gasteiger partial charge is 0.507 e. The summed E-state index contributed by atoms with van der Waals surface area (Å²) in [6.07, 6.45) is 0.831. The van der Waals surface area contributed by atoms with Crippen LogP contribution in [0.1, 0.15) is 66.7 Å². The van der Waals surface area contributed by atoms with Crippen LogP contribution in [0.3, 0.4) is 0 Å². The molecule has 0 aliphatic carbocycles. The van der Waals surface area contributed by atoms with Crippen LogP contribution in [0.25, 0.3) is 5.76 Å². The number of ketones is 1. The van der Waals surface area contributed by atoms with Gasteiger partial charge in [-0.15, -0.1) is 0 Å². The summed E-state index contributed by atoms with van der Waals surface area (Å²) in [5, 5.41) is 11.4. The van der Waals surface area contributed by atoms with Crippen molar-refractivity contribution in [3.05, 3.63) is 75.6 Å². The van der Waals surface area contributed by atoms with Gasteiger partial charge in [0, 0.05) is 5.56 Å². The van der Waals surface area contributed by atoms with E-state index in [1.807, 2.05) is 6.92 Å². The van der Waals surface area contributed by atoms with Gasteiger partial charge in [-0.3, -0.25) is 14.5 Å². The Morgan fingerprint density at radius 1 is 1.07 bits per heavy atom. The van der Waals surface area contributed by atoms with Gasteiger partial charge in [0.25, 0.3) is 5.78 Å². The van der Waals surface area contributed by atoms with E-state index in [-0.39, 0.29) is 27.8 Å². The predicted octanol–water partition coefficient (Wildman–Crippen LogP) is 6.22. The molecular formula is C31H33FN2O7S. The molecule has 1 aliphatic heterocycles. The lowest BCUT2D eigenvalue weighted by molar-refractivity contribution is -0.132. The molecule has 2 heterocycles. The maximum atomic E-state index is 13.6. The molecule has 1 unspecified atom stereocenters. The van der Waals surface area contributed by atoms with E-state index in [1.165, 1.54) is 12.1 Å². The Morgan fingerprint density at radius 3 is 2.43 bits per heavy atom. The molecule has 9 nitrogen and oxygen atoms in total. The maximum absolute atomic E-state index is 13.6. The number of aromatic nitrogens is 1. The van der Waals surface area contributed by atoms with Crippen molar-refractivity contribution in [2.24, 2.45) is 5.92 Å². The Hall–Kier alpha value is -4.25. The fourth-order valence-electron chi connectivity index (χ4n) is 4.47. The van der Waals surface area contributed by atoms with Crippen LogP contribution >= 0.6 is 11.3 Å². The smallest absolute Gasteiger partial charge is 0.350 e. The molecule has 0 saturated carbocycles. The number of aliphatic hydroxyl groups is 1. The third-order valence-electron chi connectivity index (χ3n) is 6.55. The summed E-state index contributed by atoms with van der Waals surface area (Å²) in [6, 6.07) is 8.82. The number of thiazole rings is 1. The lowest BCUT2D eigenvalue weighted by Crippen LogP contribution is -2.29. The van der Waals surface area contributed by atoms with Gasteiger partial charge in [-0.1, -0.05) is 31.3 Å². The lowest BCUT2D eigenvalue weighted by atomic mass is 9.95. The zero-order valence-corrected chi connectivity index (χ0v) is 24.9. The molecule has 222 valence electrons. The van der Waals surface area contributed by atoms with Gasteiger partial charge in [0.2, 0.25) is 0 Å². The number of carbonyl (C=O) groups excluding carboxylic acids is 3. The molecule has 1 saturated heterocycles. The predicted molar refractivity (Wildman–Crippen MR) is 157 cm³/mol. The highest BCUT2D eigenvalue weighted by Crippen LogP contribution is 2.45. The maximum Gasteiger partial charge on any atom is 0.350 e. The summed E-state index contributed by atoms with van der Waals surface area (Å²) in [5.41, 5.74) is 0.702. The molecule has 1 atom stereocenters. The number of rotatable bonds is 11. The molecule has 11 heteroatoms. The van der Waals surface area contributed by atoms with E-state index in [9.17, 15) is 23.9 Å². The molecule has 1 aromatic heterocycles. The number of carbonyl (C=O) groups is 3. The number of anilines is 1. The average Bonchev–Trinajstić information content (AvgIpc) is 3.46. The van der Waals surface area contributed by atoms with Gasteiger partial charge in [-0.05, 0) is 75.1 Å². The highest BCUT2D eigenvalue weighted by atomic mass is 32.1. The number of aliphatic hydroxyl groups excluding tert-OH is 1. The van der Waals surface area contributed by atoms with E-state index < -0.39 is 35.3 Å². The highest BCUT2D eigenvalue weighted by molar-refractivity contribution is 7.17. The molecule has 1 fully saturated rings. The topological polar surface area (TPSA) is 115 Å². The molecule has 1 aliphatic rings. The third-order valence-corrected chi connectivity index (χ3v) is 7.69. The quantitative estimate of drug-likeness (QED) is 0.120. The number of hydrogen-bond donors (Lipinski definition) is 1. The summed E-state index contributed by atoms with van der Waals surface area (Å²) in [5.74, 6) is -2.17. The lowest BCUT2D eigenvalue weighted by Gasteiger charge is -2.24. The van der Waals surface area contributed by atoms with E-state index in [2.05, 4.69) is 18.8 Å². The zero-order valence-electron chi connectivity index (χ0n) is 24.1. The second kappa shape index (κ2) is 13.2. The summed E-state index contributed by atoms with van der Waals surface area (Å²) < 4.78 is 30.6. The summed E-state index contributed by atoms with van der Waals surface area (Å²) in [7, 11) is 0. The average molecular weight is 597 g/mol. The van der Waals surface area contributed by atoms with Crippen molar-refractivity contribution in [3.8, 4) is 11.5 Å². The Morgan fingerprint density at radius 2 is 1.79 bits per heavy atom. The van der Waals surface area contributed by atoms with Gasteiger partial charge in [-0.25, -0.2) is 14.2 Å². The number of esters is 1. The minimum atomic E-state index is -1.14. The van der Waals surface area contributed by atoms with Gasteiger partial charge in [0.15, 0.2) is 16.6 Å². The van der Waals surface area contributed by atoms with E-state index >= 15 is 0 Å². The summed E-state index contributed by atoms with van der Waals surface area (Å²) >= 11 is 0.909. The minimum absolute atomic E-state index is 0.0797.